The van der Waals surface area contributed by atoms with Crippen molar-refractivity contribution in [3.05, 3.63) is 40.4 Å². The van der Waals surface area contributed by atoms with Gasteiger partial charge in [0, 0.05) is 23.7 Å². The number of halogens is 2. The highest BCUT2D eigenvalue weighted by Gasteiger charge is 2.21. The summed E-state index contributed by atoms with van der Waals surface area (Å²) in [7, 11) is -4.10. The zero-order valence-electron chi connectivity index (χ0n) is 9.43. The molecule has 2 aromatic rings. The van der Waals surface area contributed by atoms with Crippen LogP contribution in [0.3, 0.4) is 0 Å². The summed E-state index contributed by atoms with van der Waals surface area (Å²) in [5, 5.41) is 0. The van der Waals surface area contributed by atoms with Gasteiger partial charge in [0.1, 0.15) is 16.5 Å². The number of nitrogen functional groups attached to an aromatic ring is 1. The van der Waals surface area contributed by atoms with Crippen molar-refractivity contribution >= 4 is 27.0 Å². The Morgan fingerprint density at radius 2 is 2.05 bits per heavy atom. The Kier molecular flexibility index (Phi) is 3.78. The van der Waals surface area contributed by atoms with E-state index in [4.69, 9.17) is 5.73 Å². The van der Waals surface area contributed by atoms with Crippen molar-refractivity contribution in [2.75, 3.05) is 5.73 Å². The van der Waals surface area contributed by atoms with Crippen molar-refractivity contribution < 1.29 is 17.2 Å². The van der Waals surface area contributed by atoms with Crippen molar-refractivity contribution in [2.24, 2.45) is 0 Å². The van der Waals surface area contributed by atoms with Crippen LogP contribution in [0.25, 0.3) is 0 Å². The van der Waals surface area contributed by atoms with Gasteiger partial charge in [-0.3, -0.25) is 4.98 Å². The van der Waals surface area contributed by atoms with Gasteiger partial charge in [-0.1, -0.05) is 0 Å². The largest absolute Gasteiger partial charge is 0.396 e. The summed E-state index contributed by atoms with van der Waals surface area (Å²) in [5.41, 5.74) is 6.35. The van der Waals surface area contributed by atoms with Crippen molar-refractivity contribution in [3.8, 4) is 0 Å². The second-order valence-electron chi connectivity index (χ2n) is 3.60. The van der Waals surface area contributed by atoms with Gasteiger partial charge in [0.15, 0.2) is 0 Å². The minimum absolute atomic E-state index is 0.0241. The maximum Gasteiger partial charge on any atom is 0.243 e. The maximum atomic E-state index is 13.5. The van der Waals surface area contributed by atoms with Gasteiger partial charge in [-0.25, -0.2) is 21.9 Å². The number of benzene rings is 1. The highest BCUT2D eigenvalue weighted by Crippen LogP contribution is 2.21. The molecule has 0 aliphatic rings. The van der Waals surface area contributed by atoms with Gasteiger partial charge >= 0.3 is 0 Å². The predicted octanol–water partition coefficient (Wildman–Crippen LogP) is 1.48. The second-order valence-corrected chi connectivity index (χ2v) is 6.30. The molecule has 0 saturated carbocycles. The molecule has 0 amide bonds. The molecular formula is C10H9F2N3O2S2. The average molecular weight is 305 g/mol. The van der Waals surface area contributed by atoms with Crippen LogP contribution < -0.4 is 10.5 Å². The van der Waals surface area contributed by atoms with E-state index >= 15 is 0 Å². The van der Waals surface area contributed by atoms with Crippen LogP contribution in [0.5, 0.6) is 0 Å². The Morgan fingerprint density at radius 3 is 2.68 bits per heavy atom. The van der Waals surface area contributed by atoms with Crippen molar-refractivity contribution in [1.29, 1.82) is 0 Å². The number of rotatable bonds is 4. The maximum absolute atomic E-state index is 13.5. The first-order valence-corrected chi connectivity index (χ1v) is 7.38. The number of hydrogen-bond donors (Lipinski definition) is 2. The van der Waals surface area contributed by atoms with E-state index < -0.39 is 32.2 Å². The molecule has 3 N–H and O–H groups in total. The Morgan fingerprint density at radius 1 is 1.32 bits per heavy atom. The van der Waals surface area contributed by atoms with Crippen LogP contribution >= 0.6 is 11.3 Å². The van der Waals surface area contributed by atoms with Gasteiger partial charge in [0.25, 0.3) is 0 Å². The van der Waals surface area contributed by atoms with Crippen LogP contribution in [0.1, 0.15) is 4.88 Å². The highest BCUT2D eigenvalue weighted by atomic mass is 32.2. The van der Waals surface area contributed by atoms with E-state index in [2.05, 4.69) is 9.71 Å². The van der Waals surface area contributed by atoms with Gasteiger partial charge in [0.2, 0.25) is 10.0 Å². The number of sulfonamides is 1. The quantitative estimate of drug-likeness (QED) is 0.838. The molecule has 0 unspecified atom stereocenters. The molecule has 0 saturated heterocycles. The van der Waals surface area contributed by atoms with Gasteiger partial charge in [-0.05, 0) is 6.07 Å². The summed E-state index contributed by atoms with van der Waals surface area (Å²) in [6.45, 7) is -0.0241. The first-order chi connectivity index (χ1) is 8.90. The zero-order chi connectivity index (χ0) is 14.0. The zero-order valence-corrected chi connectivity index (χ0v) is 11.1. The van der Waals surface area contributed by atoms with Gasteiger partial charge < -0.3 is 5.73 Å². The lowest BCUT2D eigenvalue weighted by molar-refractivity contribution is 0.544. The highest BCUT2D eigenvalue weighted by molar-refractivity contribution is 7.89. The van der Waals surface area contributed by atoms with Crippen molar-refractivity contribution in [1.82, 2.24) is 9.71 Å². The van der Waals surface area contributed by atoms with Crippen molar-refractivity contribution in [3.63, 3.8) is 0 Å². The van der Waals surface area contributed by atoms with Crippen LogP contribution in [0.4, 0.5) is 14.5 Å². The first-order valence-electron chi connectivity index (χ1n) is 5.01. The number of nitrogens with zero attached hydrogens (tertiary/aromatic N) is 1. The third-order valence-corrected chi connectivity index (χ3v) is 4.46. The number of hydrogen-bond acceptors (Lipinski definition) is 5. The van der Waals surface area contributed by atoms with Gasteiger partial charge in [-0.15, -0.1) is 11.3 Å². The Bertz CT molecular complexity index is 687. The summed E-state index contributed by atoms with van der Waals surface area (Å²) in [6.07, 6.45) is 1.49. The predicted molar refractivity (Wildman–Crippen MR) is 66.9 cm³/mol. The Labute approximate surface area is 112 Å². The van der Waals surface area contributed by atoms with Crippen molar-refractivity contribution in [2.45, 2.75) is 11.4 Å². The number of nitrogens with two attached hydrogens (primary N) is 1. The van der Waals surface area contributed by atoms with Crippen LogP contribution in [0.2, 0.25) is 0 Å². The fraction of sp³-hybridized carbons (Fsp3) is 0.100. The molecule has 0 aliphatic heterocycles. The summed E-state index contributed by atoms with van der Waals surface area (Å²) < 4.78 is 52.4. The summed E-state index contributed by atoms with van der Waals surface area (Å²) >= 11 is 1.25. The van der Waals surface area contributed by atoms with Gasteiger partial charge in [0.05, 0.1) is 11.2 Å². The van der Waals surface area contributed by atoms with Gasteiger partial charge in [-0.2, -0.15) is 0 Å². The molecule has 0 radical (unpaired) electrons. The molecule has 0 bridgehead atoms. The third-order valence-electron chi connectivity index (χ3n) is 2.26. The summed E-state index contributed by atoms with van der Waals surface area (Å²) in [5.74, 6) is -2.19. The van der Waals surface area contributed by atoms with E-state index in [-0.39, 0.29) is 6.54 Å². The minimum atomic E-state index is -4.10. The van der Waals surface area contributed by atoms with Crippen LogP contribution in [-0.4, -0.2) is 13.4 Å². The fourth-order valence-electron chi connectivity index (χ4n) is 1.32. The molecule has 5 nitrogen and oxygen atoms in total. The van der Waals surface area contributed by atoms with E-state index in [9.17, 15) is 17.2 Å². The summed E-state index contributed by atoms with van der Waals surface area (Å²) in [6, 6.07) is 1.19. The SMILES string of the molecule is Nc1cc(S(=O)(=O)NCc2cncs2)c(F)cc1F. The molecule has 0 fully saturated rings. The van der Waals surface area contributed by atoms with E-state index in [0.717, 1.165) is 6.07 Å². The van der Waals surface area contributed by atoms with E-state index in [1.54, 1.807) is 5.51 Å². The van der Waals surface area contributed by atoms with E-state index in [1.165, 1.54) is 17.5 Å². The molecule has 0 aliphatic carbocycles. The lowest BCUT2D eigenvalue weighted by Crippen LogP contribution is -2.24. The lowest BCUT2D eigenvalue weighted by Gasteiger charge is -2.08. The monoisotopic (exact) mass is 305 g/mol. The van der Waals surface area contributed by atoms with Crippen LogP contribution in [-0.2, 0) is 16.6 Å². The van der Waals surface area contributed by atoms with E-state index in [1.807, 2.05) is 0 Å². The first kappa shape index (κ1) is 13.8. The summed E-state index contributed by atoms with van der Waals surface area (Å²) in [4.78, 5) is 3.76. The standard InChI is InChI=1S/C10H9F2N3O2S2/c11-7-1-8(12)10(2-9(7)13)19(16,17)15-4-6-3-14-5-18-6/h1-3,5,15H,4,13H2. The molecule has 1 aromatic carbocycles. The smallest absolute Gasteiger partial charge is 0.243 e. The molecule has 1 heterocycles. The lowest BCUT2D eigenvalue weighted by atomic mass is 10.3. The van der Waals surface area contributed by atoms with Crippen LogP contribution in [0.15, 0.2) is 28.7 Å². The normalized spacial score (nSPS) is 11.7. The number of anilines is 1. The number of nitrogens with one attached hydrogen (secondary N) is 1. The molecule has 102 valence electrons. The third kappa shape index (κ3) is 3.06. The topological polar surface area (TPSA) is 85.1 Å². The molecular weight excluding hydrogens is 296 g/mol. The molecule has 9 heteroatoms. The Hall–Kier alpha value is -1.58. The number of thiazole rings is 1. The van der Waals surface area contributed by atoms with Crippen LogP contribution in [0, 0.1) is 11.6 Å². The molecule has 0 atom stereocenters. The Balaban J connectivity index is 2.27. The molecule has 19 heavy (non-hydrogen) atoms. The molecule has 2 rings (SSSR count). The second kappa shape index (κ2) is 5.19. The minimum Gasteiger partial charge on any atom is -0.396 e. The fourth-order valence-corrected chi connectivity index (χ4v) is 3.05. The molecule has 1 aromatic heterocycles. The molecule has 0 spiro atoms. The van der Waals surface area contributed by atoms with E-state index in [0.29, 0.717) is 10.9 Å². The average Bonchev–Trinajstić information content (AvgIpc) is 2.84. The number of aromatic nitrogens is 1.